The van der Waals surface area contributed by atoms with Gasteiger partial charge in [-0.3, -0.25) is 0 Å². The van der Waals surface area contributed by atoms with Gasteiger partial charge in [0.1, 0.15) is 0 Å². The number of benzene rings is 2. The Labute approximate surface area is 171 Å². The first-order chi connectivity index (χ1) is 13.7. The van der Waals surface area contributed by atoms with Crippen molar-refractivity contribution in [3.05, 3.63) is 83.1 Å². The summed E-state index contributed by atoms with van der Waals surface area (Å²) >= 11 is 0. The van der Waals surface area contributed by atoms with Gasteiger partial charge < -0.3 is 10.6 Å². The molecule has 1 heterocycles. The van der Waals surface area contributed by atoms with Crippen molar-refractivity contribution in [3.63, 3.8) is 0 Å². The van der Waals surface area contributed by atoms with Crippen LogP contribution in [0, 0.1) is 0 Å². The van der Waals surface area contributed by atoms with Crippen LogP contribution in [0.4, 0.5) is 22.0 Å². The van der Waals surface area contributed by atoms with Gasteiger partial charge >= 0.3 is 6.18 Å². The Morgan fingerprint density at radius 3 is 2.17 bits per heavy atom. The second-order valence-corrected chi connectivity index (χ2v) is 7.69. The molecule has 2 aromatic carbocycles. The summed E-state index contributed by atoms with van der Waals surface area (Å²) in [6, 6.07) is 10.5. The number of nitrogens with two attached hydrogens (primary N) is 1. The molecule has 0 saturated carbocycles. The zero-order valence-corrected chi connectivity index (χ0v) is 16.8. The normalized spacial score (nSPS) is 22.8. The van der Waals surface area contributed by atoms with E-state index in [9.17, 15) is 22.0 Å². The number of halogens is 5. The van der Waals surface area contributed by atoms with Crippen molar-refractivity contribution in [1.29, 1.82) is 0 Å². The molecule has 3 nitrogen and oxygen atoms in total. The number of alkyl halides is 5. The van der Waals surface area contributed by atoms with Crippen LogP contribution in [0.5, 0.6) is 0 Å². The predicted octanol–water partition coefficient (Wildman–Crippen LogP) is 5.59. The largest absolute Gasteiger partial charge is 0.416 e. The summed E-state index contributed by atoms with van der Waals surface area (Å²) in [7, 11) is 1.65. The summed E-state index contributed by atoms with van der Waals surface area (Å²) in [6.45, 7) is 6.53. The van der Waals surface area contributed by atoms with Crippen LogP contribution in [-0.4, -0.2) is 17.9 Å². The lowest BCUT2D eigenvalue weighted by Gasteiger charge is -2.44. The number of likely N-dealkylation sites (N-methyl/N-ethyl adjacent to an activating group) is 1. The molecule has 0 unspecified atom stereocenters. The summed E-state index contributed by atoms with van der Waals surface area (Å²) in [6.07, 6.45) is -4.52. The quantitative estimate of drug-likeness (QED) is 0.654. The third kappa shape index (κ3) is 3.78. The Bertz CT molecular complexity index is 989. The Morgan fingerprint density at radius 2 is 1.63 bits per heavy atom. The molecule has 0 bridgehead atoms. The highest BCUT2D eigenvalue weighted by Crippen LogP contribution is 2.48. The van der Waals surface area contributed by atoms with E-state index in [-0.39, 0.29) is 11.5 Å². The number of rotatable bonds is 3. The van der Waals surface area contributed by atoms with E-state index in [1.54, 1.807) is 24.9 Å². The molecule has 0 saturated heterocycles. The van der Waals surface area contributed by atoms with Crippen LogP contribution in [-0.2, 0) is 17.6 Å². The molecule has 0 fully saturated rings. The fourth-order valence-electron chi connectivity index (χ4n) is 3.77. The predicted molar refractivity (Wildman–Crippen MR) is 106 cm³/mol. The van der Waals surface area contributed by atoms with Gasteiger partial charge in [-0.05, 0) is 30.2 Å². The lowest BCUT2D eigenvalue weighted by Crippen LogP contribution is -2.47. The van der Waals surface area contributed by atoms with E-state index in [0.717, 1.165) is 19.1 Å². The molecule has 8 heteroatoms. The van der Waals surface area contributed by atoms with Gasteiger partial charge in [-0.1, -0.05) is 43.0 Å². The molecule has 0 aromatic heterocycles. The van der Waals surface area contributed by atoms with Crippen molar-refractivity contribution in [2.24, 2.45) is 10.7 Å². The first-order valence-electron chi connectivity index (χ1n) is 9.19. The fourth-order valence-corrected chi connectivity index (χ4v) is 3.77. The summed E-state index contributed by atoms with van der Waals surface area (Å²) < 4.78 is 67.1. The average Bonchev–Trinajstić information content (AvgIpc) is 2.65. The van der Waals surface area contributed by atoms with Gasteiger partial charge in [-0.25, -0.2) is 13.8 Å². The van der Waals surface area contributed by atoms with E-state index in [2.05, 4.69) is 11.6 Å². The highest BCUT2D eigenvalue weighted by Gasteiger charge is 2.45. The third-order valence-electron chi connectivity index (χ3n) is 5.54. The first-order valence-corrected chi connectivity index (χ1v) is 9.19. The summed E-state index contributed by atoms with van der Waals surface area (Å²) in [4.78, 5) is 6.06. The van der Waals surface area contributed by atoms with Crippen LogP contribution in [0.25, 0.3) is 0 Å². The van der Waals surface area contributed by atoms with Crippen molar-refractivity contribution in [2.75, 3.05) is 7.05 Å². The zero-order chi connectivity index (χ0) is 22.5. The lowest BCUT2D eigenvalue weighted by molar-refractivity contribution is -0.137. The molecular formula is C22H22F5N3. The Hall–Kier alpha value is -2.90. The van der Waals surface area contributed by atoms with Gasteiger partial charge in [-0.2, -0.15) is 13.2 Å². The van der Waals surface area contributed by atoms with Crippen LogP contribution < -0.4 is 5.73 Å². The van der Waals surface area contributed by atoms with Gasteiger partial charge in [0, 0.05) is 25.2 Å². The van der Waals surface area contributed by atoms with Gasteiger partial charge in [0.2, 0.25) is 0 Å². The molecule has 30 heavy (non-hydrogen) atoms. The first kappa shape index (κ1) is 21.8. The summed E-state index contributed by atoms with van der Waals surface area (Å²) in [5, 5.41) is 0. The van der Waals surface area contributed by atoms with Gasteiger partial charge in [0.05, 0.1) is 17.0 Å². The van der Waals surface area contributed by atoms with E-state index in [1.807, 2.05) is 0 Å². The Balaban J connectivity index is 2.18. The second kappa shape index (κ2) is 7.11. The fraction of sp³-hybridized carbons (Fsp3) is 0.318. The summed E-state index contributed by atoms with van der Waals surface area (Å²) in [5.74, 6) is -3.52. The molecule has 3 rings (SSSR count). The van der Waals surface area contributed by atoms with Crippen LogP contribution in [0.3, 0.4) is 0 Å². The van der Waals surface area contributed by atoms with E-state index in [0.29, 0.717) is 16.8 Å². The van der Waals surface area contributed by atoms with Crippen molar-refractivity contribution in [2.45, 2.75) is 37.4 Å². The van der Waals surface area contributed by atoms with Gasteiger partial charge in [0.25, 0.3) is 5.92 Å². The minimum atomic E-state index is -4.52. The number of hydrogen-bond donors (Lipinski definition) is 1. The van der Waals surface area contributed by atoms with Crippen molar-refractivity contribution in [1.82, 2.24) is 4.90 Å². The minimum absolute atomic E-state index is 0.105. The number of hydrogen-bond acceptors (Lipinski definition) is 3. The molecule has 2 N–H and O–H groups in total. The van der Waals surface area contributed by atoms with Crippen LogP contribution >= 0.6 is 0 Å². The average molecular weight is 423 g/mol. The molecule has 1 aliphatic heterocycles. The number of aliphatic imine (C=N–C) groups is 1. The number of guanidine groups is 1. The molecule has 1 aliphatic rings. The summed E-state index contributed by atoms with van der Waals surface area (Å²) in [5.41, 5.74) is 5.22. The molecule has 2 aromatic rings. The lowest BCUT2D eigenvalue weighted by atomic mass is 9.73. The maximum Gasteiger partial charge on any atom is 0.416 e. The van der Waals surface area contributed by atoms with Crippen LogP contribution in [0.2, 0.25) is 0 Å². The third-order valence-corrected chi connectivity index (χ3v) is 5.54. The monoisotopic (exact) mass is 423 g/mol. The maximum atomic E-state index is 13.6. The van der Waals surface area contributed by atoms with E-state index in [4.69, 9.17) is 5.73 Å². The molecular weight excluding hydrogens is 401 g/mol. The van der Waals surface area contributed by atoms with Crippen molar-refractivity contribution >= 4 is 5.96 Å². The molecule has 2 atom stereocenters. The standard InChI is InChI=1S/C22H22F5N3/c1-13-18(14-8-10-15(11-9-14)21(3,23)24)20(2,29-19(28)30(13)4)16-6-5-7-17(12-16)22(25,26)27/h5-12,18H,1H2,2-4H3,(H2,28,29)/t18-,20+/m0/s1. The van der Waals surface area contributed by atoms with E-state index >= 15 is 0 Å². The Morgan fingerprint density at radius 1 is 1.03 bits per heavy atom. The van der Waals surface area contributed by atoms with E-state index < -0.39 is 29.1 Å². The van der Waals surface area contributed by atoms with Crippen LogP contribution in [0.15, 0.2) is 65.8 Å². The smallest absolute Gasteiger partial charge is 0.370 e. The maximum absolute atomic E-state index is 13.6. The molecule has 0 aliphatic carbocycles. The topological polar surface area (TPSA) is 41.6 Å². The minimum Gasteiger partial charge on any atom is -0.370 e. The zero-order valence-electron chi connectivity index (χ0n) is 16.8. The molecule has 0 radical (unpaired) electrons. The SMILES string of the molecule is C=C1[C@@H](c2ccc(C(C)(F)F)cc2)[C@@](C)(c2cccc(C(F)(F)F)c2)N=C(N)N1C. The highest BCUT2D eigenvalue weighted by molar-refractivity contribution is 5.82. The Kier molecular flexibility index (Phi) is 5.16. The van der Waals surface area contributed by atoms with Gasteiger partial charge in [0.15, 0.2) is 5.96 Å². The van der Waals surface area contributed by atoms with Crippen LogP contribution in [0.1, 0.15) is 42.0 Å². The van der Waals surface area contributed by atoms with Crippen molar-refractivity contribution in [3.8, 4) is 0 Å². The molecule has 0 spiro atoms. The highest BCUT2D eigenvalue weighted by atomic mass is 19.4. The van der Waals surface area contributed by atoms with E-state index in [1.165, 1.54) is 30.3 Å². The van der Waals surface area contributed by atoms with Gasteiger partial charge in [-0.15, -0.1) is 0 Å². The molecule has 0 amide bonds. The number of nitrogens with zero attached hydrogens (tertiary/aromatic N) is 2. The molecule has 160 valence electrons. The second-order valence-electron chi connectivity index (χ2n) is 7.69. The van der Waals surface area contributed by atoms with Crippen molar-refractivity contribution < 1.29 is 22.0 Å².